The molecule has 0 saturated carbocycles. The fraction of sp³-hybridized carbons (Fsp3) is 0.364. The van der Waals surface area contributed by atoms with E-state index in [-0.39, 0.29) is 18.6 Å². The first-order valence-corrected chi connectivity index (χ1v) is 10.1. The lowest BCUT2D eigenvalue weighted by Gasteiger charge is -2.19. The molecule has 1 aliphatic rings. The Kier molecular flexibility index (Phi) is 7.51. The van der Waals surface area contributed by atoms with Gasteiger partial charge in [-0.3, -0.25) is 9.79 Å². The largest absolute Gasteiger partial charge is 0.403 e. The molecule has 1 aromatic carbocycles. The molecule has 1 heterocycles. The van der Waals surface area contributed by atoms with Crippen LogP contribution in [-0.2, 0) is 11.2 Å². The van der Waals surface area contributed by atoms with Gasteiger partial charge in [-0.25, -0.2) is 9.97 Å². The van der Waals surface area contributed by atoms with Crippen LogP contribution in [0.4, 0.5) is 5.95 Å². The number of aryl methyl sites for hydroxylation is 1. The summed E-state index contributed by atoms with van der Waals surface area (Å²) in [4.78, 5) is 24.5. The molecular formula is C22H28N6O2. The van der Waals surface area contributed by atoms with Gasteiger partial charge < -0.3 is 21.5 Å². The van der Waals surface area contributed by atoms with Crippen molar-refractivity contribution >= 4 is 18.1 Å². The van der Waals surface area contributed by atoms with Gasteiger partial charge in [0.1, 0.15) is 0 Å². The fourth-order valence-corrected chi connectivity index (χ4v) is 3.58. The highest BCUT2D eigenvalue weighted by Gasteiger charge is 2.20. The van der Waals surface area contributed by atoms with Crippen molar-refractivity contribution in [2.75, 3.05) is 18.5 Å². The topological polar surface area (TPSA) is 126 Å². The number of aromatic nitrogens is 2. The van der Waals surface area contributed by atoms with Crippen LogP contribution in [0.15, 0.2) is 47.4 Å². The van der Waals surface area contributed by atoms with Gasteiger partial charge in [0, 0.05) is 31.1 Å². The first-order valence-electron chi connectivity index (χ1n) is 10.1. The fourth-order valence-electron chi connectivity index (χ4n) is 3.58. The van der Waals surface area contributed by atoms with E-state index in [9.17, 15) is 4.79 Å². The second-order valence-electron chi connectivity index (χ2n) is 7.18. The lowest BCUT2D eigenvalue weighted by atomic mass is 9.95. The minimum absolute atomic E-state index is 0.00488. The zero-order valence-corrected chi connectivity index (χ0v) is 17.1. The van der Waals surface area contributed by atoms with Crippen LogP contribution in [0.1, 0.15) is 43.4 Å². The van der Waals surface area contributed by atoms with E-state index in [1.807, 2.05) is 12.1 Å². The summed E-state index contributed by atoms with van der Waals surface area (Å²) in [6.07, 6.45) is 8.73. The van der Waals surface area contributed by atoms with Crippen LogP contribution in [0.2, 0.25) is 0 Å². The van der Waals surface area contributed by atoms with Gasteiger partial charge in [-0.05, 0) is 42.5 Å². The van der Waals surface area contributed by atoms with E-state index < -0.39 is 0 Å². The number of nitrogens with two attached hydrogens (primary N) is 1. The third kappa shape index (κ3) is 5.64. The van der Waals surface area contributed by atoms with Crippen LogP contribution in [0.5, 0.6) is 0 Å². The number of rotatable bonds is 7. The highest BCUT2D eigenvalue weighted by Crippen LogP contribution is 2.31. The molecule has 1 amide bonds. The minimum Gasteiger partial charge on any atom is -0.403 e. The summed E-state index contributed by atoms with van der Waals surface area (Å²) in [5, 5.41) is 14.9. The Morgan fingerprint density at radius 3 is 3.00 bits per heavy atom. The Hall–Kier alpha value is -3.26. The highest BCUT2D eigenvalue weighted by molar-refractivity contribution is 5.82. The number of nitrogens with one attached hydrogen (secondary N) is 2. The summed E-state index contributed by atoms with van der Waals surface area (Å²) in [5.74, 6) is 0.403. The number of hydrogen-bond donors (Lipinski definition) is 4. The molecule has 0 spiro atoms. The number of hydrogen-bond acceptors (Lipinski definition) is 7. The van der Waals surface area contributed by atoms with E-state index >= 15 is 0 Å². The predicted octanol–water partition coefficient (Wildman–Crippen LogP) is 2.32. The molecule has 8 nitrogen and oxygen atoms in total. The van der Waals surface area contributed by atoms with Gasteiger partial charge in [-0.15, -0.1) is 0 Å². The number of aliphatic hydroxyl groups excluding tert-OH is 1. The number of amides is 1. The van der Waals surface area contributed by atoms with Gasteiger partial charge in [-0.2, -0.15) is 0 Å². The molecule has 1 atom stereocenters. The first-order chi connectivity index (χ1) is 14.6. The van der Waals surface area contributed by atoms with Gasteiger partial charge in [0.15, 0.2) is 0 Å². The maximum absolute atomic E-state index is 11.6. The molecule has 30 heavy (non-hydrogen) atoms. The van der Waals surface area contributed by atoms with Gasteiger partial charge in [0.25, 0.3) is 0 Å². The average Bonchev–Trinajstić information content (AvgIpc) is 2.94. The van der Waals surface area contributed by atoms with Crippen LogP contribution in [-0.4, -0.2) is 40.3 Å². The lowest BCUT2D eigenvalue weighted by molar-refractivity contribution is -0.119. The van der Waals surface area contributed by atoms with Crippen molar-refractivity contribution in [2.45, 2.75) is 38.6 Å². The maximum atomic E-state index is 11.6. The number of allylic oxidation sites excluding steroid dienone is 1. The number of aliphatic imine (C=N–C) groups is 1. The van der Waals surface area contributed by atoms with Crippen molar-refractivity contribution in [3.8, 4) is 11.3 Å². The van der Waals surface area contributed by atoms with E-state index in [2.05, 4.69) is 37.7 Å². The maximum Gasteiger partial charge on any atom is 0.227 e. The van der Waals surface area contributed by atoms with Crippen molar-refractivity contribution < 1.29 is 9.90 Å². The van der Waals surface area contributed by atoms with Gasteiger partial charge in [-0.1, -0.05) is 18.6 Å². The molecular weight excluding hydrogens is 380 g/mol. The number of nitrogens with zero attached hydrogens (tertiary/aromatic N) is 3. The third-order valence-electron chi connectivity index (χ3n) is 4.93. The summed E-state index contributed by atoms with van der Waals surface area (Å²) in [6, 6.07) is 8.21. The molecule has 3 rings (SSSR count). The monoisotopic (exact) mass is 408 g/mol. The molecule has 5 N–H and O–H groups in total. The van der Waals surface area contributed by atoms with Crippen molar-refractivity contribution in [2.24, 2.45) is 10.7 Å². The quantitative estimate of drug-likeness (QED) is 0.411. The highest BCUT2D eigenvalue weighted by atomic mass is 16.3. The molecule has 0 radical (unpaired) electrons. The molecule has 1 aliphatic carbocycles. The number of aliphatic hydroxyl groups is 1. The minimum atomic E-state index is -0.0263. The summed E-state index contributed by atoms with van der Waals surface area (Å²) < 4.78 is 0. The van der Waals surface area contributed by atoms with Crippen molar-refractivity contribution in [3.63, 3.8) is 0 Å². The standard InChI is InChI=1S/C22H28N6O2/c1-15(30)26-21-5-3-2-4-16-12-17(6-7-19(16)21)20-8-9-25-22(28-20)27-18(13-23)14-24-10-11-29/h6-9,12-14,21,29H,2-5,10-11,23H2,1H3,(H,26,30)(H,25,27,28). The Morgan fingerprint density at radius 1 is 1.37 bits per heavy atom. The van der Waals surface area contributed by atoms with Gasteiger partial charge in [0.05, 0.1) is 30.6 Å². The predicted molar refractivity (Wildman–Crippen MR) is 118 cm³/mol. The van der Waals surface area contributed by atoms with E-state index in [1.54, 1.807) is 13.1 Å². The molecule has 2 aromatic rings. The summed E-state index contributed by atoms with van der Waals surface area (Å²) >= 11 is 0. The smallest absolute Gasteiger partial charge is 0.227 e. The Bertz CT molecular complexity index is 941. The van der Waals surface area contributed by atoms with Crippen molar-refractivity contribution in [1.82, 2.24) is 15.3 Å². The van der Waals surface area contributed by atoms with Gasteiger partial charge in [0.2, 0.25) is 11.9 Å². The summed E-state index contributed by atoms with van der Waals surface area (Å²) in [6.45, 7) is 1.84. The average molecular weight is 409 g/mol. The zero-order chi connectivity index (χ0) is 21.3. The van der Waals surface area contributed by atoms with E-state index in [0.29, 0.717) is 18.2 Å². The number of anilines is 1. The van der Waals surface area contributed by atoms with E-state index in [1.165, 1.54) is 23.5 Å². The Morgan fingerprint density at radius 2 is 2.23 bits per heavy atom. The van der Waals surface area contributed by atoms with Crippen LogP contribution in [0.25, 0.3) is 11.3 Å². The van der Waals surface area contributed by atoms with Crippen LogP contribution in [0, 0.1) is 0 Å². The molecule has 0 saturated heterocycles. The molecule has 8 heteroatoms. The molecule has 0 fully saturated rings. The van der Waals surface area contributed by atoms with E-state index in [4.69, 9.17) is 10.8 Å². The Labute approximate surface area is 176 Å². The zero-order valence-electron chi connectivity index (χ0n) is 17.1. The van der Waals surface area contributed by atoms with Crippen molar-refractivity contribution in [1.29, 1.82) is 0 Å². The summed E-state index contributed by atoms with van der Waals surface area (Å²) in [7, 11) is 0. The second kappa shape index (κ2) is 10.5. The molecule has 1 unspecified atom stereocenters. The number of fused-ring (bicyclic) bond motifs is 1. The number of carbonyl (C=O) groups is 1. The molecule has 158 valence electrons. The SMILES string of the molecule is CC(=O)NC1CCCCc2cc(-c3ccnc(NC(C=NCCO)=CN)n3)ccc21. The third-order valence-corrected chi connectivity index (χ3v) is 4.93. The van der Waals surface area contributed by atoms with Crippen LogP contribution in [0.3, 0.4) is 0 Å². The number of carbonyl (C=O) groups excluding carboxylic acids is 1. The second-order valence-corrected chi connectivity index (χ2v) is 7.18. The number of benzene rings is 1. The molecule has 0 aliphatic heterocycles. The normalized spacial score (nSPS) is 16.7. The van der Waals surface area contributed by atoms with Gasteiger partial charge >= 0.3 is 0 Å². The molecule has 0 bridgehead atoms. The lowest BCUT2D eigenvalue weighted by Crippen LogP contribution is -2.26. The molecule has 1 aromatic heterocycles. The van der Waals surface area contributed by atoms with E-state index in [0.717, 1.165) is 36.9 Å². The summed E-state index contributed by atoms with van der Waals surface area (Å²) in [5.41, 5.74) is 10.4. The Balaban J connectivity index is 1.84. The van der Waals surface area contributed by atoms with Crippen LogP contribution >= 0.6 is 0 Å². The first kappa shape index (κ1) is 21.4. The van der Waals surface area contributed by atoms with Crippen LogP contribution < -0.4 is 16.4 Å². The van der Waals surface area contributed by atoms with Crippen molar-refractivity contribution in [3.05, 3.63) is 53.5 Å².